The van der Waals surface area contributed by atoms with E-state index in [1.807, 2.05) is 41.5 Å². The Balaban J connectivity index is 2.77. The van der Waals surface area contributed by atoms with E-state index in [1.54, 1.807) is 0 Å². The van der Waals surface area contributed by atoms with Crippen molar-refractivity contribution < 1.29 is 24.8 Å². The molecule has 114 valence electrons. The van der Waals surface area contributed by atoms with E-state index < -0.39 is 30.5 Å². The summed E-state index contributed by atoms with van der Waals surface area (Å²) in [5, 5.41) is 29.9. The van der Waals surface area contributed by atoms with Gasteiger partial charge in [0.1, 0.15) is 24.4 Å². The lowest BCUT2D eigenvalue weighted by Crippen LogP contribution is -2.62. The molecule has 1 saturated heterocycles. The Morgan fingerprint density at radius 3 is 1.84 bits per heavy atom. The third kappa shape index (κ3) is 4.39. The Morgan fingerprint density at radius 2 is 1.42 bits per heavy atom. The zero-order valence-electron chi connectivity index (χ0n) is 12.8. The summed E-state index contributed by atoms with van der Waals surface area (Å²) in [6.07, 6.45) is -4.63. The van der Waals surface area contributed by atoms with E-state index in [9.17, 15) is 15.3 Å². The van der Waals surface area contributed by atoms with Crippen molar-refractivity contribution in [2.45, 2.75) is 77.7 Å². The van der Waals surface area contributed by atoms with Crippen LogP contribution in [0.3, 0.4) is 0 Å². The third-order valence-corrected chi connectivity index (χ3v) is 3.25. The Bertz CT molecular complexity index is 291. The highest BCUT2D eigenvalue weighted by atomic mass is 16.6. The maximum absolute atomic E-state index is 10.0. The lowest BCUT2D eigenvalue weighted by atomic mass is 9.80. The second-order valence-electron chi connectivity index (χ2n) is 7.36. The van der Waals surface area contributed by atoms with Gasteiger partial charge >= 0.3 is 0 Å². The minimum absolute atomic E-state index is 0.182. The van der Waals surface area contributed by atoms with Crippen LogP contribution in [0.5, 0.6) is 0 Å². The molecular weight excluding hydrogens is 248 g/mol. The summed E-state index contributed by atoms with van der Waals surface area (Å²) in [5.74, 6) is 0. The first kappa shape index (κ1) is 16.9. The van der Waals surface area contributed by atoms with Crippen molar-refractivity contribution in [3.8, 4) is 0 Å². The van der Waals surface area contributed by atoms with E-state index >= 15 is 0 Å². The SMILES string of the molecule is CC(C)(C)OCC1O[C@H](C(C)(C)C)C(O)[C@@H](O)[C@@H]1O. The monoisotopic (exact) mass is 276 g/mol. The fourth-order valence-corrected chi connectivity index (χ4v) is 2.14. The van der Waals surface area contributed by atoms with Crippen LogP contribution in [-0.2, 0) is 9.47 Å². The molecule has 0 spiro atoms. The van der Waals surface area contributed by atoms with Crippen LogP contribution in [0.25, 0.3) is 0 Å². The van der Waals surface area contributed by atoms with Crippen molar-refractivity contribution in [3.63, 3.8) is 0 Å². The van der Waals surface area contributed by atoms with Crippen LogP contribution in [0.1, 0.15) is 41.5 Å². The summed E-state index contributed by atoms with van der Waals surface area (Å²) in [6.45, 7) is 11.7. The van der Waals surface area contributed by atoms with Gasteiger partial charge in [0.2, 0.25) is 0 Å². The normalized spacial score (nSPS) is 37.4. The number of aliphatic hydroxyl groups is 3. The van der Waals surface area contributed by atoms with E-state index in [0.29, 0.717) is 0 Å². The van der Waals surface area contributed by atoms with Crippen LogP contribution in [0, 0.1) is 5.41 Å². The molecule has 5 nitrogen and oxygen atoms in total. The molecule has 1 fully saturated rings. The van der Waals surface area contributed by atoms with Gasteiger partial charge in [-0.15, -0.1) is 0 Å². The predicted molar refractivity (Wildman–Crippen MR) is 71.8 cm³/mol. The highest BCUT2D eigenvalue weighted by Crippen LogP contribution is 2.33. The van der Waals surface area contributed by atoms with Crippen LogP contribution in [-0.4, -0.2) is 58.0 Å². The highest BCUT2D eigenvalue weighted by Gasteiger charge is 2.47. The highest BCUT2D eigenvalue weighted by molar-refractivity contribution is 4.96. The topological polar surface area (TPSA) is 79.2 Å². The molecular formula is C14H28O5. The Kier molecular flexibility index (Phi) is 5.02. The summed E-state index contributed by atoms with van der Waals surface area (Å²) in [6, 6.07) is 0. The Hall–Kier alpha value is -0.200. The lowest BCUT2D eigenvalue weighted by molar-refractivity contribution is -0.258. The van der Waals surface area contributed by atoms with Gasteiger partial charge in [-0.3, -0.25) is 0 Å². The van der Waals surface area contributed by atoms with Gasteiger partial charge in [-0.05, 0) is 26.2 Å². The van der Waals surface area contributed by atoms with Crippen molar-refractivity contribution in [3.05, 3.63) is 0 Å². The minimum atomic E-state index is -1.22. The van der Waals surface area contributed by atoms with E-state index in [-0.39, 0.29) is 17.6 Å². The molecule has 3 N–H and O–H groups in total. The molecule has 0 aromatic heterocycles. The summed E-state index contributed by atoms with van der Waals surface area (Å²) < 4.78 is 11.4. The van der Waals surface area contributed by atoms with Gasteiger partial charge in [-0.25, -0.2) is 0 Å². The van der Waals surface area contributed by atoms with Crippen molar-refractivity contribution in [1.82, 2.24) is 0 Å². The van der Waals surface area contributed by atoms with Gasteiger partial charge in [-0.2, -0.15) is 0 Å². The largest absolute Gasteiger partial charge is 0.388 e. The number of aliphatic hydroxyl groups excluding tert-OH is 3. The van der Waals surface area contributed by atoms with Gasteiger partial charge < -0.3 is 24.8 Å². The van der Waals surface area contributed by atoms with Crippen LogP contribution >= 0.6 is 0 Å². The Labute approximate surface area is 115 Å². The average Bonchev–Trinajstić information content (AvgIpc) is 2.22. The molecule has 1 aliphatic rings. The molecule has 0 aromatic rings. The first-order valence-corrected chi connectivity index (χ1v) is 6.77. The Morgan fingerprint density at radius 1 is 0.895 bits per heavy atom. The molecule has 0 radical (unpaired) electrons. The third-order valence-electron chi connectivity index (χ3n) is 3.25. The molecule has 1 rings (SSSR count). The molecule has 5 atom stereocenters. The molecule has 0 aromatic carbocycles. The fourth-order valence-electron chi connectivity index (χ4n) is 2.14. The number of hydrogen-bond donors (Lipinski definition) is 3. The molecule has 0 saturated carbocycles. The van der Waals surface area contributed by atoms with Gasteiger partial charge in [-0.1, -0.05) is 20.8 Å². The maximum atomic E-state index is 10.0. The van der Waals surface area contributed by atoms with Crippen LogP contribution in [0.2, 0.25) is 0 Å². The predicted octanol–water partition coefficient (Wildman–Crippen LogP) is 0.698. The van der Waals surface area contributed by atoms with Gasteiger partial charge in [0.15, 0.2) is 0 Å². The van der Waals surface area contributed by atoms with Crippen molar-refractivity contribution in [2.24, 2.45) is 5.41 Å². The second-order valence-corrected chi connectivity index (χ2v) is 7.36. The first-order valence-electron chi connectivity index (χ1n) is 6.77. The smallest absolute Gasteiger partial charge is 0.111 e. The second kappa shape index (κ2) is 5.66. The average molecular weight is 276 g/mol. The zero-order valence-corrected chi connectivity index (χ0v) is 12.8. The van der Waals surface area contributed by atoms with E-state index in [0.717, 1.165) is 0 Å². The van der Waals surface area contributed by atoms with Crippen molar-refractivity contribution in [1.29, 1.82) is 0 Å². The molecule has 1 heterocycles. The minimum Gasteiger partial charge on any atom is -0.388 e. The fraction of sp³-hybridized carbons (Fsp3) is 1.00. The van der Waals surface area contributed by atoms with E-state index in [2.05, 4.69) is 0 Å². The molecule has 0 bridgehead atoms. The van der Waals surface area contributed by atoms with Crippen molar-refractivity contribution >= 4 is 0 Å². The first-order chi connectivity index (χ1) is 8.43. The quantitative estimate of drug-likeness (QED) is 0.692. The summed E-state index contributed by atoms with van der Waals surface area (Å²) >= 11 is 0. The molecule has 0 aliphatic carbocycles. The number of ether oxygens (including phenoxy) is 2. The summed E-state index contributed by atoms with van der Waals surface area (Å²) in [4.78, 5) is 0. The number of hydrogen-bond acceptors (Lipinski definition) is 5. The summed E-state index contributed by atoms with van der Waals surface area (Å²) in [5.41, 5.74) is -0.679. The zero-order chi connectivity index (χ0) is 15.0. The van der Waals surface area contributed by atoms with Gasteiger partial charge in [0, 0.05) is 0 Å². The molecule has 0 amide bonds. The standard InChI is InChI=1S/C14H28O5/c1-13(2,3)12-11(17)10(16)9(15)8(19-12)7-18-14(4,5)6/h8-12,15-17H,7H2,1-6H3/t8?,9-,10+,11?,12+/m1/s1. The molecule has 19 heavy (non-hydrogen) atoms. The van der Waals surface area contributed by atoms with Gasteiger partial charge in [0.25, 0.3) is 0 Å². The lowest BCUT2D eigenvalue weighted by Gasteiger charge is -2.46. The van der Waals surface area contributed by atoms with Crippen LogP contribution in [0.15, 0.2) is 0 Å². The van der Waals surface area contributed by atoms with Crippen LogP contribution in [0.4, 0.5) is 0 Å². The van der Waals surface area contributed by atoms with Gasteiger partial charge in [0.05, 0.1) is 18.3 Å². The number of rotatable bonds is 2. The molecule has 1 aliphatic heterocycles. The summed E-state index contributed by atoms with van der Waals surface area (Å²) in [7, 11) is 0. The van der Waals surface area contributed by atoms with E-state index in [4.69, 9.17) is 9.47 Å². The molecule has 2 unspecified atom stereocenters. The maximum Gasteiger partial charge on any atom is 0.111 e. The molecule has 5 heteroatoms. The van der Waals surface area contributed by atoms with Crippen molar-refractivity contribution in [2.75, 3.05) is 6.61 Å². The van der Waals surface area contributed by atoms with Crippen LogP contribution < -0.4 is 0 Å². The van der Waals surface area contributed by atoms with E-state index in [1.165, 1.54) is 0 Å².